The van der Waals surface area contributed by atoms with Crippen LogP contribution >= 0.6 is 11.3 Å². The normalized spacial score (nSPS) is 20.9. The Morgan fingerprint density at radius 2 is 2.47 bits per heavy atom. The number of H-pyrrole nitrogens is 1. The van der Waals surface area contributed by atoms with Crippen molar-refractivity contribution in [3.63, 3.8) is 0 Å². The van der Waals surface area contributed by atoms with Crippen molar-refractivity contribution in [2.75, 3.05) is 13.1 Å². The lowest BCUT2D eigenvalue weighted by Crippen LogP contribution is -2.08. The molecular weight excluding hydrogens is 206 g/mol. The Morgan fingerprint density at radius 1 is 1.47 bits per heavy atom. The maximum Gasteiger partial charge on any atom is 0.139 e. The fourth-order valence-corrected chi connectivity index (χ4v) is 2.86. The number of rotatable bonds is 2. The summed E-state index contributed by atoms with van der Waals surface area (Å²) < 4.78 is 0. The van der Waals surface area contributed by atoms with E-state index in [1.54, 1.807) is 11.3 Å². The number of nitrogens with one attached hydrogen (secondary N) is 2. The van der Waals surface area contributed by atoms with Crippen LogP contribution in [0, 0.1) is 0 Å². The van der Waals surface area contributed by atoms with Gasteiger partial charge in [0.1, 0.15) is 5.01 Å². The second-order valence-electron chi connectivity index (χ2n) is 3.85. The Bertz CT molecular complexity index is 426. The second kappa shape index (κ2) is 3.79. The molecule has 0 aliphatic carbocycles. The van der Waals surface area contributed by atoms with Crippen LogP contribution in [-0.2, 0) is 0 Å². The zero-order chi connectivity index (χ0) is 10.1. The van der Waals surface area contributed by atoms with Crippen molar-refractivity contribution in [2.24, 2.45) is 0 Å². The van der Waals surface area contributed by atoms with Gasteiger partial charge in [0.25, 0.3) is 0 Å². The minimum atomic E-state index is 0.616. The molecule has 4 heteroatoms. The molecule has 0 spiro atoms. The fourth-order valence-electron chi connectivity index (χ4n) is 1.97. The summed E-state index contributed by atoms with van der Waals surface area (Å²) in [5.74, 6) is 0.616. The first kappa shape index (κ1) is 9.12. The van der Waals surface area contributed by atoms with Gasteiger partial charge in [0.05, 0.1) is 11.4 Å². The molecule has 1 unspecified atom stereocenters. The number of hydrogen-bond donors (Lipinski definition) is 2. The Labute approximate surface area is 92.6 Å². The molecule has 1 fully saturated rings. The van der Waals surface area contributed by atoms with Gasteiger partial charge in [-0.05, 0) is 25.1 Å². The van der Waals surface area contributed by atoms with Crippen LogP contribution in [0.15, 0.2) is 23.7 Å². The summed E-state index contributed by atoms with van der Waals surface area (Å²) in [5, 5.41) is 6.66. The number of thiazole rings is 1. The Balaban J connectivity index is 1.87. The van der Waals surface area contributed by atoms with Crippen molar-refractivity contribution in [1.82, 2.24) is 15.3 Å². The van der Waals surface area contributed by atoms with Crippen LogP contribution in [0.3, 0.4) is 0 Å². The molecule has 2 N–H and O–H groups in total. The molecule has 1 aliphatic heterocycles. The molecule has 2 aromatic rings. The van der Waals surface area contributed by atoms with Crippen molar-refractivity contribution < 1.29 is 0 Å². The summed E-state index contributed by atoms with van der Waals surface area (Å²) in [6.45, 7) is 2.20. The van der Waals surface area contributed by atoms with Gasteiger partial charge in [-0.3, -0.25) is 0 Å². The van der Waals surface area contributed by atoms with E-state index in [4.69, 9.17) is 0 Å². The third-order valence-corrected chi connectivity index (χ3v) is 3.72. The van der Waals surface area contributed by atoms with E-state index in [0.29, 0.717) is 5.92 Å². The van der Waals surface area contributed by atoms with E-state index in [1.165, 1.54) is 12.1 Å². The Hall–Kier alpha value is -1.13. The van der Waals surface area contributed by atoms with Crippen LogP contribution in [0.25, 0.3) is 10.7 Å². The van der Waals surface area contributed by atoms with E-state index < -0.39 is 0 Å². The van der Waals surface area contributed by atoms with Crippen molar-refractivity contribution in [1.29, 1.82) is 0 Å². The number of hydrogen-bond acceptors (Lipinski definition) is 3. The highest BCUT2D eigenvalue weighted by Gasteiger charge is 2.19. The van der Waals surface area contributed by atoms with Gasteiger partial charge in [-0.1, -0.05) is 0 Å². The van der Waals surface area contributed by atoms with Crippen LogP contribution in [0.1, 0.15) is 18.0 Å². The molecule has 1 saturated heterocycles. The average Bonchev–Trinajstić information content (AvgIpc) is 3.02. The number of aromatic nitrogens is 2. The van der Waals surface area contributed by atoms with E-state index >= 15 is 0 Å². The lowest BCUT2D eigenvalue weighted by atomic mass is 10.1. The lowest BCUT2D eigenvalue weighted by molar-refractivity contribution is 0.742. The smallest absolute Gasteiger partial charge is 0.139 e. The molecule has 1 atom stereocenters. The molecule has 0 aromatic carbocycles. The van der Waals surface area contributed by atoms with Gasteiger partial charge in [-0.15, -0.1) is 11.3 Å². The molecule has 2 aromatic heterocycles. The summed E-state index contributed by atoms with van der Waals surface area (Å²) in [4.78, 5) is 7.87. The van der Waals surface area contributed by atoms with E-state index in [-0.39, 0.29) is 0 Å². The van der Waals surface area contributed by atoms with Crippen LogP contribution in [0.5, 0.6) is 0 Å². The summed E-state index contributed by atoms with van der Waals surface area (Å²) in [6.07, 6.45) is 3.15. The van der Waals surface area contributed by atoms with E-state index in [1.807, 2.05) is 12.3 Å². The van der Waals surface area contributed by atoms with E-state index in [0.717, 1.165) is 23.8 Å². The standard InChI is InChI=1S/C11H13N3S/c1-2-9(13-4-1)11-14-10(7-15-11)8-3-5-12-6-8/h1-2,4,7-8,12-13H,3,5-6H2. The van der Waals surface area contributed by atoms with Crippen molar-refractivity contribution in [3.8, 4) is 10.7 Å². The minimum Gasteiger partial charge on any atom is -0.359 e. The van der Waals surface area contributed by atoms with E-state index in [2.05, 4.69) is 26.7 Å². The number of nitrogens with zero attached hydrogens (tertiary/aromatic N) is 1. The SMILES string of the molecule is c1c[nH]c(-c2nc(C3CCNC3)cs2)c1. The molecule has 3 rings (SSSR count). The van der Waals surface area contributed by atoms with Crippen LogP contribution < -0.4 is 5.32 Å². The molecule has 1 aliphatic rings. The van der Waals surface area contributed by atoms with Crippen molar-refractivity contribution >= 4 is 11.3 Å². The first-order chi connectivity index (χ1) is 7.43. The maximum absolute atomic E-state index is 4.68. The van der Waals surface area contributed by atoms with E-state index in [9.17, 15) is 0 Å². The third-order valence-electron chi connectivity index (χ3n) is 2.83. The van der Waals surface area contributed by atoms with Crippen LogP contribution in [-0.4, -0.2) is 23.1 Å². The molecular formula is C11H13N3S. The summed E-state index contributed by atoms with van der Waals surface area (Å²) >= 11 is 1.72. The second-order valence-corrected chi connectivity index (χ2v) is 4.71. The van der Waals surface area contributed by atoms with Crippen LogP contribution in [0.2, 0.25) is 0 Å². The third kappa shape index (κ3) is 1.70. The zero-order valence-electron chi connectivity index (χ0n) is 8.36. The summed E-state index contributed by atoms with van der Waals surface area (Å²) in [6, 6.07) is 4.07. The largest absolute Gasteiger partial charge is 0.359 e. The topological polar surface area (TPSA) is 40.7 Å². The predicted molar refractivity (Wildman–Crippen MR) is 62.1 cm³/mol. The maximum atomic E-state index is 4.68. The number of aromatic amines is 1. The average molecular weight is 219 g/mol. The predicted octanol–water partition coefficient (Wildman–Crippen LogP) is 2.22. The van der Waals surface area contributed by atoms with Gasteiger partial charge in [0.2, 0.25) is 0 Å². The van der Waals surface area contributed by atoms with Gasteiger partial charge in [-0.2, -0.15) is 0 Å². The first-order valence-electron chi connectivity index (χ1n) is 5.23. The highest BCUT2D eigenvalue weighted by molar-refractivity contribution is 7.13. The lowest BCUT2D eigenvalue weighted by Gasteiger charge is -2.01. The minimum absolute atomic E-state index is 0.616. The monoisotopic (exact) mass is 219 g/mol. The highest BCUT2D eigenvalue weighted by Crippen LogP contribution is 2.28. The quantitative estimate of drug-likeness (QED) is 0.813. The highest BCUT2D eigenvalue weighted by atomic mass is 32.1. The van der Waals surface area contributed by atoms with Gasteiger partial charge >= 0.3 is 0 Å². The van der Waals surface area contributed by atoms with Gasteiger partial charge < -0.3 is 10.3 Å². The van der Waals surface area contributed by atoms with Gasteiger partial charge in [0, 0.05) is 24.0 Å². The first-order valence-corrected chi connectivity index (χ1v) is 6.11. The molecule has 0 radical (unpaired) electrons. The fraction of sp³-hybridized carbons (Fsp3) is 0.364. The van der Waals surface area contributed by atoms with Crippen molar-refractivity contribution in [3.05, 3.63) is 29.4 Å². The Morgan fingerprint density at radius 3 is 3.20 bits per heavy atom. The summed E-state index contributed by atoms with van der Waals surface area (Å²) in [7, 11) is 0. The summed E-state index contributed by atoms with van der Waals surface area (Å²) in [5.41, 5.74) is 2.37. The molecule has 3 nitrogen and oxygen atoms in total. The van der Waals surface area contributed by atoms with Crippen LogP contribution in [0.4, 0.5) is 0 Å². The molecule has 3 heterocycles. The van der Waals surface area contributed by atoms with Crippen molar-refractivity contribution in [2.45, 2.75) is 12.3 Å². The molecule has 78 valence electrons. The Kier molecular flexibility index (Phi) is 2.31. The molecule has 0 amide bonds. The van der Waals surface area contributed by atoms with Gasteiger partial charge in [-0.25, -0.2) is 4.98 Å². The van der Waals surface area contributed by atoms with Gasteiger partial charge in [0.15, 0.2) is 0 Å². The molecule has 0 bridgehead atoms. The zero-order valence-corrected chi connectivity index (χ0v) is 9.18. The molecule has 0 saturated carbocycles. The molecule has 15 heavy (non-hydrogen) atoms.